The fourth-order valence-corrected chi connectivity index (χ4v) is 4.95. The van der Waals surface area contributed by atoms with Gasteiger partial charge in [0.25, 0.3) is 0 Å². The van der Waals surface area contributed by atoms with Crippen molar-refractivity contribution in [3.63, 3.8) is 0 Å². The van der Waals surface area contributed by atoms with Gasteiger partial charge in [-0.05, 0) is 16.7 Å². The van der Waals surface area contributed by atoms with Gasteiger partial charge in [-0.25, -0.2) is 4.79 Å². The summed E-state index contributed by atoms with van der Waals surface area (Å²) in [5.74, 6) is 0.0464. The van der Waals surface area contributed by atoms with Crippen LogP contribution < -0.4 is 5.73 Å². The van der Waals surface area contributed by atoms with E-state index < -0.39 is 18.1 Å². The molecular formula is C23H21ClN2O3S. The molecular weight excluding hydrogens is 420 g/mol. The number of nitrogens with two attached hydrogens (primary N) is 1. The second-order valence-electron chi connectivity index (χ2n) is 6.97. The highest BCUT2D eigenvalue weighted by Gasteiger charge is 2.52. The van der Waals surface area contributed by atoms with Gasteiger partial charge in [-0.15, -0.1) is 23.4 Å². The highest BCUT2D eigenvalue weighted by atomic mass is 35.5. The maximum Gasteiger partial charge on any atom is 0.356 e. The van der Waals surface area contributed by atoms with E-state index in [4.69, 9.17) is 22.1 Å². The summed E-state index contributed by atoms with van der Waals surface area (Å²) in [6.07, 6.45) is 2.94. The van der Waals surface area contributed by atoms with Crippen LogP contribution in [0.2, 0.25) is 0 Å². The number of carbonyl (C=O) groups is 2. The molecule has 30 heavy (non-hydrogen) atoms. The zero-order valence-corrected chi connectivity index (χ0v) is 17.7. The van der Waals surface area contributed by atoms with E-state index in [0.717, 1.165) is 11.1 Å². The fraction of sp³-hybridized carbons (Fsp3) is 0.217. The van der Waals surface area contributed by atoms with Crippen LogP contribution in [0.25, 0.3) is 0 Å². The third kappa shape index (κ3) is 3.90. The number of benzene rings is 2. The minimum absolute atomic E-state index is 0.250. The number of β-lactam (4-membered cyclic amide) rings is 1. The molecule has 7 heteroatoms. The Labute approximate surface area is 184 Å². The molecule has 4 rings (SSSR count). The predicted molar refractivity (Wildman–Crippen MR) is 119 cm³/mol. The molecule has 0 radical (unpaired) electrons. The summed E-state index contributed by atoms with van der Waals surface area (Å²) in [7, 11) is 0. The minimum atomic E-state index is -0.601. The van der Waals surface area contributed by atoms with E-state index in [9.17, 15) is 9.59 Å². The van der Waals surface area contributed by atoms with Crippen LogP contribution in [0.4, 0.5) is 0 Å². The maximum atomic E-state index is 13.4. The van der Waals surface area contributed by atoms with E-state index >= 15 is 0 Å². The molecule has 2 aliphatic rings. The Morgan fingerprint density at radius 3 is 2.33 bits per heavy atom. The summed E-state index contributed by atoms with van der Waals surface area (Å²) in [5, 5.41) is -0.250. The Balaban J connectivity index is 1.70. The Bertz CT molecular complexity index is 955. The average molecular weight is 441 g/mol. The molecule has 0 saturated carbocycles. The SMILES string of the molecule is NC1C(=O)N2C(C(=O)OC(c3ccccc3)c3ccccc3)=C(C=CCCl)CSC12. The van der Waals surface area contributed by atoms with Crippen LogP contribution in [0.5, 0.6) is 0 Å². The fourth-order valence-electron chi connectivity index (χ4n) is 3.59. The molecule has 2 heterocycles. The van der Waals surface area contributed by atoms with Crippen molar-refractivity contribution >= 4 is 35.2 Å². The first-order valence-electron chi connectivity index (χ1n) is 9.58. The summed E-state index contributed by atoms with van der Waals surface area (Å²) in [6.45, 7) is 0. The smallest absolute Gasteiger partial charge is 0.356 e. The van der Waals surface area contributed by atoms with Crippen LogP contribution in [0, 0.1) is 0 Å². The van der Waals surface area contributed by atoms with Crippen LogP contribution in [0.1, 0.15) is 17.2 Å². The third-order valence-electron chi connectivity index (χ3n) is 5.07. The van der Waals surface area contributed by atoms with E-state index in [1.54, 1.807) is 12.2 Å². The molecule has 0 aromatic heterocycles. The minimum Gasteiger partial charge on any atom is -0.448 e. The Kier molecular flexibility index (Phi) is 6.27. The van der Waals surface area contributed by atoms with Crippen LogP contribution >= 0.6 is 23.4 Å². The lowest BCUT2D eigenvalue weighted by molar-refractivity contribution is -0.153. The third-order valence-corrected chi connectivity index (χ3v) is 6.57. The predicted octanol–water partition coefficient (Wildman–Crippen LogP) is 3.61. The first-order chi connectivity index (χ1) is 14.6. The van der Waals surface area contributed by atoms with Crippen LogP contribution in [-0.4, -0.2) is 39.8 Å². The van der Waals surface area contributed by atoms with Crippen LogP contribution in [0.3, 0.4) is 0 Å². The topological polar surface area (TPSA) is 72.6 Å². The molecule has 2 aliphatic heterocycles. The Morgan fingerprint density at radius 2 is 1.77 bits per heavy atom. The van der Waals surface area contributed by atoms with Gasteiger partial charge >= 0.3 is 5.97 Å². The number of alkyl halides is 1. The monoisotopic (exact) mass is 440 g/mol. The summed E-state index contributed by atoms with van der Waals surface area (Å²) in [6, 6.07) is 18.5. The highest BCUT2D eigenvalue weighted by molar-refractivity contribution is 8.00. The van der Waals surface area contributed by atoms with Crippen molar-refractivity contribution in [2.45, 2.75) is 17.5 Å². The molecule has 0 aliphatic carbocycles. The molecule has 2 aromatic rings. The van der Waals surface area contributed by atoms with Crippen molar-refractivity contribution in [1.82, 2.24) is 4.90 Å². The van der Waals surface area contributed by atoms with Crippen molar-refractivity contribution in [3.8, 4) is 0 Å². The molecule has 1 fully saturated rings. The quantitative estimate of drug-likeness (QED) is 0.422. The number of nitrogens with zero attached hydrogens (tertiary/aromatic N) is 1. The van der Waals surface area contributed by atoms with Crippen molar-refractivity contribution in [3.05, 3.63) is 95.2 Å². The Morgan fingerprint density at radius 1 is 1.17 bits per heavy atom. The first-order valence-corrected chi connectivity index (χ1v) is 11.2. The largest absolute Gasteiger partial charge is 0.448 e. The summed E-state index contributed by atoms with van der Waals surface area (Å²) in [4.78, 5) is 27.3. The molecule has 2 N–H and O–H groups in total. The maximum absolute atomic E-state index is 13.4. The number of allylic oxidation sites excluding steroid dienone is 2. The highest BCUT2D eigenvalue weighted by Crippen LogP contribution is 2.41. The van der Waals surface area contributed by atoms with Gasteiger partial charge in [0.1, 0.15) is 17.1 Å². The van der Waals surface area contributed by atoms with Gasteiger partial charge in [-0.2, -0.15) is 0 Å². The van der Waals surface area contributed by atoms with Gasteiger partial charge in [0.05, 0.1) is 0 Å². The average Bonchev–Trinajstić information content (AvgIpc) is 2.81. The van der Waals surface area contributed by atoms with E-state index in [1.807, 2.05) is 60.7 Å². The summed E-state index contributed by atoms with van der Waals surface area (Å²) < 4.78 is 6.00. The molecule has 2 unspecified atom stereocenters. The van der Waals surface area contributed by atoms with Gasteiger partial charge in [0.15, 0.2) is 6.10 Å². The number of esters is 1. The van der Waals surface area contributed by atoms with Crippen molar-refractivity contribution in [2.24, 2.45) is 5.73 Å². The van der Waals surface area contributed by atoms with Gasteiger partial charge in [-0.3, -0.25) is 9.69 Å². The molecule has 1 saturated heterocycles. The second kappa shape index (κ2) is 9.08. The molecule has 2 atom stereocenters. The van der Waals surface area contributed by atoms with E-state index in [1.165, 1.54) is 16.7 Å². The number of rotatable bonds is 6. The van der Waals surface area contributed by atoms with E-state index in [-0.39, 0.29) is 17.0 Å². The number of thioether (sulfide) groups is 1. The van der Waals surface area contributed by atoms with Crippen molar-refractivity contribution in [1.29, 1.82) is 0 Å². The van der Waals surface area contributed by atoms with Gasteiger partial charge in [0, 0.05) is 11.6 Å². The number of carbonyl (C=O) groups excluding carboxylic acids is 2. The van der Waals surface area contributed by atoms with E-state index in [0.29, 0.717) is 17.2 Å². The first kappa shape index (κ1) is 20.7. The number of ether oxygens (including phenoxy) is 1. The number of amides is 1. The number of hydrogen-bond acceptors (Lipinski definition) is 5. The molecule has 5 nitrogen and oxygen atoms in total. The standard InChI is InChI=1S/C23H21ClN2O3S/c24-13-7-12-17-14-30-22-18(25)21(27)26(22)19(17)23(28)29-20(15-8-3-1-4-9-15)16-10-5-2-6-11-16/h1-12,18,20,22H,13-14,25H2. The second-order valence-corrected chi connectivity index (χ2v) is 8.39. The Hall–Kier alpha value is -2.54. The van der Waals surface area contributed by atoms with Crippen LogP contribution in [0.15, 0.2) is 84.1 Å². The molecule has 2 aromatic carbocycles. The van der Waals surface area contributed by atoms with Crippen molar-refractivity contribution in [2.75, 3.05) is 11.6 Å². The molecule has 0 bridgehead atoms. The number of halogens is 1. The number of fused-ring (bicyclic) bond motifs is 1. The van der Waals surface area contributed by atoms with E-state index in [2.05, 4.69) is 0 Å². The van der Waals surface area contributed by atoms with Gasteiger partial charge < -0.3 is 10.5 Å². The zero-order chi connectivity index (χ0) is 21.1. The molecule has 1 amide bonds. The van der Waals surface area contributed by atoms with Crippen LogP contribution in [-0.2, 0) is 14.3 Å². The summed E-state index contributed by atoms with van der Waals surface area (Å²) >= 11 is 7.33. The lowest BCUT2D eigenvalue weighted by Crippen LogP contribution is -2.68. The van der Waals surface area contributed by atoms with Crippen molar-refractivity contribution < 1.29 is 14.3 Å². The molecule has 0 spiro atoms. The number of hydrogen-bond donors (Lipinski definition) is 1. The molecule has 154 valence electrons. The lowest BCUT2D eigenvalue weighted by atomic mass is 10.0. The van der Waals surface area contributed by atoms with Gasteiger partial charge in [0.2, 0.25) is 5.91 Å². The lowest BCUT2D eigenvalue weighted by Gasteiger charge is -2.48. The normalized spacial score (nSPS) is 21.0. The zero-order valence-electron chi connectivity index (χ0n) is 16.1. The summed E-state index contributed by atoms with van der Waals surface area (Å²) in [5.41, 5.74) is 8.61. The van der Waals surface area contributed by atoms with Gasteiger partial charge in [-0.1, -0.05) is 72.8 Å².